The second-order valence-corrected chi connectivity index (χ2v) is 4.82. The largest absolute Gasteiger partial charge is 0.373 e. The minimum Gasteiger partial charge on any atom is -0.373 e. The molecule has 1 N–H and O–H groups in total. The van der Waals surface area contributed by atoms with Crippen molar-refractivity contribution >= 4 is 17.0 Å². The third kappa shape index (κ3) is 2.83. The maximum Gasteiger partial charge on any atom is 0.253 e. The zero-order valence-corrected chi connectivity index (χ0v) is 10.6. The third-order valence-corrected chi connectivity index (χ3v) is 3.51. The zero-order valence-electron chi connectivity index (χ0n) is 9.81. The number of halogens is 4. The standard InChI is InChI=1S/C11H9F4N3S/c1-2-5-3-16-6(19-5)4-17-9-7(12)10(14)18-11(15)8(9)13/h3H,2,4H2,1H3,(H,17,18). The van der Waals surface area contributed by atoms with Crippen molar-refractivity contribution in [2.24, 2.45) is 0 Å². The first-order valence-electron chi connectivity index (χ1n) is 5.40. The summed E-state index contributed by atoms with van der Waals surface area (Å²) in [6.45, 7) is 1.92. The summed E-state index contributed by atoms with van der Waals surface area (Å²) < 4.78 is 52.3. The highest BCUT2D eigenvalue weighted by Crippen LogP contribution is 2.23. The Kier molecular flexibility index (Phi) is 3.98. The van der Waals surface area contributed by atoms with E-state index in [-0.39, 0.29) is 6.54 Å². The minimum absolute atomic E-state index is 0.0264. The molecular weight excluding hydrogens is 282 g/mol. The Morgan fingerprint density at radius 1 is 1.16 bits per heavy atom. The highest BCUT2D eigenvalue weighted by Gasteiger charge is 2.20. The van der Waals surface area contributed by atoms with Crippen LogP contribution in [0.25, 0.3) is 0 Å². The number of aryl methyl sites for hydroxylation is 1. The van der Waals surface area contributed by atoms with Crippen LogP contribution >= 0.6 is 11.3 Å². The highest BCUT2D eigenvalue weighted by molar-refractivity contribution is 7.11. The normalized spacial score (nSPS) is 10.8. The lowest BCUT2D eigenvalue weighted by molar-refractivity contribution is 0.410. The molecular formula is C11H9F4N3S. The molecule has 0 saturated heterocycles. The van der Waals surface area contributed by atoms with Gasteiger partial charge in [0.2, 0.25) is 11.6 Å². The Labute approximate surface area is 110 Å². The summed E-state index contributed by atoms with van der Waals surface area (Å²) in [5.74, 6) is -6.47. The van der Waals surface area contributed by atoms with Gasteiger partial charge in [0.25, 0.3) is 11.9 Å². The van der Waals surface area contributed by atoms with E-state index in [9.17, 15) is 17.6 Å². The van der Waals surface area contributed by atoms with Crippen molar-refractivity contribution in [3.8, 4) is 0 Å². The molecule has 0 saturated carbocycles. The highest BCUT2D eigenvalue weighted by atomic mass is 32.1. The third-order valence-electron chi connectivity index (χ3n) is 2.36. The summed E-state index contributed by atoms with van der Waals surface area (Å²) in [6, 6.07) is 0. The number of anilines is 1. The van der Waals surface area contributed by atoms with Crippen LogP contribution < -0.4 is 5.32 Å². The molecule has 0 aromatic carbocycles. The van der Waals surface area contributed by atoms with Crippen LogP contribution in [-0.4, -0.2) is 9.97 Å². The smallest absolute Gasteiger partial charge is 0.253 e. The van der Waals surface area contributed by atoms with E-state index < -0.39 is 29.2 Å². The van der Waals surface area contributed by atoms with E-state index in [0.717, 1.165) is 11.3 Å². The molecule has 2 heterocycles. The number of thiazole rings is 1. The number of nitrogens with one attached hydrogen (secondary N) is 1. The molecule has 0 aliphatic carbocycles. The van der Waals surface area contributed by atoms with Crippen LogP contribution in [0.3, 0.4) is 0 Å². The van der Waals surface area contributed by atoms with Crippen molar-refractivity contribution in [3.63, 3.8) is 0 Å². The van der Waals surface area contributed by atoms with Crippen LogP contribution in [0.2, 0.25) is 0 Å². The molecule has 19 heavy (non-hydrogen) atoms. The van der Waals surface area contributed by atoms with Gasteiger partial charge in [-0.3, -0.25) is 0 Å². The van der Waals surface area contributed by atoms with Gasteiger partial charge in [0, 0.05) is 11.1 Å². The van der Waals surface area contributed by atoms with Gasteiger partial charge in [-0.15, -0.1) is 11.3 Å². The fourth-order valence-electron chi connectivity index (χ4n) is 1.40. The summed E-state index contributed by atoms with van der Waals surface area (Å²) in [7, 11) is 0. The predicted octanol–water partition coefficient (Wildman–Crippen LogP) is 3.27. The average Bonchev–Trinajstić information content (AvgIpc) is 2.84. The van der Waals surface area contributed by atoms with Crippen molar-refractivity contribution in [2.75, 3.05) is 5.32 Å². The van der Waals surface area contributed by atoms with Gasteiger partial charge in [-0.05, 0) is 6.42 Å². The van der Waals surface area contributed by atoms with E-state index in [1.54, 1.807) is 6.20 Å². The molecule has 102 valence electrons. The number of hydrogen-bond acceptors (Lipinski definition) is 4. The first-order valence-corrected chi connectivity index (χ1v) is 6.22. The molecule has 0 atom stereocenters. The molecule has 0 aliphatic heterocycles. The quantitative estimate of drug-likeness (QED) is 0.694. The van der Waals surface area contributed by atoms with Crippen LogP contribution in [0.5, 0.6) is 0 Å². The van der Waals surface area contributed by atoms with Gasteiger partial charge in [0.05, 0.1) is 6.54 Å². The van der Waals surface area contributed by atoms with Gasteiger partial charge < -0.3 is 5.32 Å². The Balaban J connectivity index is 2.19. The molecule has 0 bridgehead atoms. The fraction of sp³-hybridized carbons (Fsp3) is 0.273. The van der Waals surface area contributed by atoms with Crippen molar-refractivity contribution in [1.82, 2.24) is 9.97 Å². The Bertz CT molecular complexity index is 574. The zero-order chi connectivity index (χ0) is 14.0. The summed E-state index contributed by atoms with van der Waals surface area (Å²) in [5, 5.41) is 2.86. The van der Waals surface area contributed by atoms with Gasteiger partial charge in [-0.2, -0.15) is 22.5 Å². The molecule has 0 aliphatic rings. The van der Waals surface area contributed by atoms with Crippen LogP contribution in [0.1, 0.15) is 16.8 Å². The van der Waals surface area contributed by atoms with Crippen LogP contribution in [0.4, 0.5) is 23.2 Å². The van der Waals surface area contributed by atoms with Gasteiger partial charge in [-0.25, -0.2) is 4.98 Å². The molecule has 0 spiro atoms. The summed E-state index contributed by atoms with van der Waals surface area (Å²) in [4.78, 5) is 7.49. The lowest BCUT2D eigenvalue weighted by Gasteiger charge is -2.07. The van der Waals surface area contributed by atoms with Gasteiger partial charge in [0.15, 0.2) is 0 Å². The lowest BCUT2D eigenvalue weighted by Crippen LogP contribution is -2.09. The molecule has 0 fully saturated rings. The first-order chi connectivity index (χ1) is 9.02. The van der Waals surface area contributed by atoms with E-state index in [1.807, 2.05) is 6.92 Å². The van der Waals surface area contributed by atoms with Gasteiger partial charge >= 0.3 is 0 Å². The maximum absolute atomic E-state index is 13.3. The predicted molar refractivity (Wildman–Crippen MR) is 62.9 cm³/mol. The maximum atomic E-state index is 13.3. The number of hydrogen-bond donors (Lipinski definition) is 1. The number of rotatable bonds is 4. The van der Waals surface area contributed by atoms with E-state index in [1.165, 1.54) is 11.3 Å². The molecule has 0 amide bonds. The minimum atomic E-state index is -1.69. The average molecular weight is 291 g/mol. The van der Waals surface area contributed by atoms with Gasteiger partial charge in [-0.1, -0.05) is 6.92 Å². The molecule has 8 heteroatoms. The van der Waals surface area contributed by atoms with Crippen LogP contribution in [0, 0.1) is 23.5 Å². The fourth-order valence-corrected chi connectivity index (χ4v) is 2.20. The van der Waals surface area contributed by atoms with E-state index >= 15 is 0 Å². The van der Waals surface area contributed by atoms with Crippen molar-refractivity contribution in [2.45, 2.75) is 19.9 Å². The second-order valence-electron chi connectivity index (χ2n) is 3.62. The molecule has 2 aromatic rings. The monoisotopic (exact) mass is 291 g/mol. The number of aromatic nitrogens is 2. The summed E-state index contributed by atoms with van der Waals surface area (Å²) in [5.41, 5.74) is -0.877. The van der Waals surface area contributed by atoms with Crippen LogP contribution in [-0.2, 0) is 13.0 Å². The van der Waals surface area contributed by atoms with E-state index in [4.69, 9.17) is 0 Å². The Morgan fingerprint density at radius 2 is 1.79 bits per heavy atom. The molecule has 3 nitrogen and oxygen atoms in total. The molecule has 0 radical (unpaired) electrons. The Hall–Kier alpha value is -1.70. The van der Waals surface area contributed by atoms with Crippen LogP contribution in [0.15, 0.2) is 6.20 Å². The van der Waals surface area contributed by atoms with Crippen molar-refractivity contribution < 1.29 is 17.6 Å². The first kappa shape index (κ1) is 13.7. The number of pyridine rings is 1. The van der Waals surface area contributed by atoms with Crippen molar-refractivity contribution in [3.05, 3.63) is 39.6 Å². The van der Waals surface area contributed by atoms with E-state index in [2.05, 4.69) is 15.3 Å². The summed E-state index contributed by atoms with van der Waals surface area (Å²) in [6.07, 6.45) is 2.43. The van der Waals surface area contributed by atoms with Crippen molar-refractivity contribution in [1.29, 1.82) is 0 Å². The number of nitrogens with zero attached hydrogens (tertiary/aromatic N) is 2. The topological polar surface area (TPSA) is 37.8 Å². The lowest BCUT2D eigenvalue weighted by atomic mass is 10.3. The SMILES string of the molecule is CCc1cnc(CNc2c(F)c(F)nc(F)c2F)s1. The molecule has 2 rings (SSSR count). The van der Waals surface area contributed by atoms with Gasteiger partial charge in [0.1, 0.15) is 10.7 Å². The second kappa shape index (κ2) is 5.52. The Morgan fingerprint density at radius 3 is 2.32 bits per heavy atom. The molecule has 2 aromatic heterocycles. The summed E-state index contributed by atoms with van der Waals surface area (Å²) >= 11 is 1.35. The van der Waals surface area contributed by atoms with E-state index in [0.29, 0.717) is 5.01 Å². The molecule has 0 unspecified atom stereocenters.